The monoisotopic (exact) mass is 156 g/mol. The number of hydrogen-bond acceptors (Lipinski definition) is 4. The summed E-state index contributed by atoms with van der Waals surface area (Å²) in [6, 6.07) is 0. The molecule has 1 aliphatic heterocycles. The molecule has 2 atom stereocenters. The molecule has 0 spiro atoms. The molecule has 60 valence electrons. The van der Waals surface area contributed by atoms with Crippen LogP contribution in [0.4, 0.5) is 0 Å². The predicted octanol–water partition coefficient (Wildman–Crippen LogP) is 0.0295. The highest BCUT2D eigenvalue weighted by Gasteiger charge is 2.33. The summed E-state index contributed by atoms with van der Waals surface area (Å²) in [6.07, 6.45) is -0.496. The van der Waals surface area contributed by atoms with Crippen molar-refractivity contribution >= 4 is 11.9 Å². The summed E-state index contributed by atoms with van der Waals surface area (Å²) in [7, 11) is 0. The topological polar surface area (TPSA) is 52.6 Å². The molecule has 0 aromatic rings. The van der Waals surface area contributed by atoms with Crippen LogP contribution >= 0.6 is 0 Å². The third-order valence-electron chi connectivity index (χ3n) is 1.31. The fourth-order valence-electron chi connectivity index (χ4n) is 0.703. The van der Waals surface area contributed by atoms with Crippen molar-refractivity contribution in [2.45, 2.75) is 19.1 Å². The second-order valence-corrected chi connectivity index (χ2v) is 2.17. The van der Waals surface area contributed by atoms with Crippen LogP contribution in [-0.2, 0) is 19.1 Å². The molecular formula is C7H8O4. The van der Waals surface area contributed by atoms with Crippen molar-refractivity contribution in [1.82, 2.24) is 0 Å². The van der Waals surface area contributed by atoms with Crippen molar-refractivity contribution in [3.8, 4) is 0 Å². The minimum atomic E-state index is -0.932. The molecule has 0 aromatic heterocycles. The van der Waals surface area contributed by atoms with Gasteiger partial charge in [0, 0.05) is 0 Å². The molecule has 0 amide bonds. The van der Waals surface area contributed by atoms with E-state index in [9.17, 15) is 9.59 Å². The Morgan fingerprint density at radius 3 is 2.55 bits per heavy atom. The Kier molecular flexibility index (Phi) is 1.94. The van der Waals surface area contributed by atoms with Crippen LogP contribution in [0.5, 0.6) is 0 Å². The van der Waals surface area contributed by atoms with Crippen LogP contribution in [0, 0.1) is 0 Å². The first kappa shape index (κ1) is 7.78. The molecule has 0 bridgehead atoms. The maximum atomic E-state index is 10.8. The van der Waals surface area contributed by atoms with Crippen molar-refractivity contribution in [1.29, 1.82) is 0 Å². The quantitative estimate of drug-likeness (QED) is 0.397. The van der Waals surface area contributed by atoms with Gasteiger partial charge in [0.05, 0.1) is 0 Å². The summed E-state index contributed by atoms with van der Waals surface area (Å²) >= 11 is 0. The Morgan fingerprint density at radius 2 is 2.00 bits per heavy atom. The SMILES string of the molecule is C=C[C@@H]1OC(=O)[C@@H](C)OC1=O. The molecule has 1 saturated heterocycles. The summed E-state index contributed by atoms with van der Waals surface area (Å²) in [4.78, 5) is 21.6. The lowest BCUT2D eigenvalue weighted by Gasteiger charge is -2.22. The van der Waals surface area contributed by atoms with E-state index in [1.54, 1.807) is 0 Å². The van der Waals surface area contributed by atoms with Crippen molar-refractivity contribution < 1.29 is 19.1 Å². The fourth-order valence-corrected chi connectivity index (χ4v) is 0.703. The maximum Gasteiger partial charge on any atom is 0.352 e. The van der Waals surface area contributed by atoms with E-state index < -0.39 is 24.1 Å². The minimum Gasteiger partial charge on any atom is -0.448 e. The standard InChI is InChI=1S/C7H8O4/c1-3-5-7(9)10-4(2)6(8)11-5/h3-5H,1H2,2H3/t4-,5+/m1/s1. The molecular weight excluding hydrogens is 148 g/mol. The van der Waals surface area contributed by atoms with Gasteiger partial charge in [-0.15, -0.1) is 0 Å². The lowest BCUT2D eigenvalue weighted by atomic mass is 10.3. The molecule has 1 aliphatic rings. The molecule has 1 fully saturated rings. The van der Waals surface area contributed by atoms with E-state index in [1.807, 2.05) is 0 Å². The molecule has 0 aromatic carbocycles. The van der Waals surface area contributed by atoms with Gasteiger partial charge in [-0.2, -0.15) is 0 Å². The molecule has 0 radical (unpaired) electrons. The highest BCUT2D eigenvalue weighted by atomic mass is 16.6. The van der Waals surface area contributed by atoms with E-state index in [0.717, 1.165) is 0 Å². The highest BCUT2D eigenvalue weighted by Crippen LogP contribution is 2.10. The molecule has 11 heavy (non-hydrogen) atoms. The van der Waals surface area contributed by atoms with Crippen LogP contribution in [0.25, 0.3) is 0 Å². The van der Waals surface area contributed by atoms with Crippen molar-refractivity contribution in [2.24, 2.45) is 0 Å². The number of esters is 2. The number of carbonyl (C=O) groups is 2. The molecule has 0 aliphatic carbocycles. The zero-order chi connectivity index (χ0) is 8.43. The maximum absolute atomic E-state index is 10.8. The molecule has 1 rings (SSSR count). The van der Waals surface area contributed by atoms with Crippen LogP contribution in [0.1, 0.15) is 6.92 Å². The summed E-state index contributed by atoms with van der Waals surface area (Å²) in [5.41, 5.74) is 0. The second kappa shape index (κ2) is 2.74. The summed E-state index contributed by atoms with van der Waals surface area (Å²) in [6.45, 7) is 4.77. The average Bonchev–Trinajstić information content (AvgIpc) is 1.97. The summed E-state index contributed by atoms with van der Waals surface area (Å²) in [5, 5.41) is 0. The third-order valence-corrected chi connectivity index (χ3v) is 1.31. The van der Waals surface area contributed by atoms with Gasteiger partial charge in [-0.1, -0.05) is 6.58 Å². The Labute approximate surface area is 63.8 Å². The zero-order valence-corrected chi connectivity index (χ0v) is 6.07. The highest BCUT2D eigenvalue weighted by molar-refractivity contribution is 5.88. The van der Waals surface area contributed by atoms with Gasteiger partial charge in [-0.25, -0.2) is 9.59 Å². The summed E-state index contributed by atoms with van der Waals surface area (Å²) < 4.78 is 9.25. The van der Waals surface area contributed by atoms with Crippen LogP contribution in [-0.4, -0.2) is 24.1 Å². The van der Waals surface area contributed by atoms with E-state index in [4.69, 9.17) is 0 Å². The first-order valence-corrected chi connectivity index (χ1v) is 3.18. The zero-order valence-electron chi connectivity index (χ0n) is 6.07. The molecule has 4 nitrogen and oxygen atoms in total. The Morgan fingerprint density at radius 1 is 1.36 bits per heavy atom. The lowest BCUT2D eigenvalue weighted by molar-refractivity contribution is -0.189. The van der Waals surface area contributed by atoms with Crippen LogP contribution < -0.4 is 0 Å². The minimum absolute atomic E-state index is 0.533. The van der Waals surface area contributed by atoms with Gasteiger partial charge in [0.15, 0.2) is 6.10 Å². The fraction of sp³-hybridized carbons (Fsp3) is 0.429. The Hall–Kier alpha value is -1.32. The number of cyclic esters (lactones) is 2. The van der Waals surface area contributed by atoms with E-state index in [2.05, 4.69) is 16.1 Å². The van der Waals surface area contributed by atoms with E-state index >= 15 is 0 Å². The van der Waals surface area contributed by atoms with Crippen molar-refractivity contribution in [3.63, 3.8) is 0 Å². The number of hydrogen-bond donors (Lipinski definition) is 0. The Balaban J connectivity index is 2.69. The van der Waals surface area contributed by atoms with E-state index in [0.29, 0.717) is 0 Å². The second-order valence-electron chi connectivity index (χ2n) is 2.17. The average molecular weight is 156 g/mol. The predicted molar refractivity (Wildman–Crippen MR) is 35.6 cm³/mol. The van der Waals surface area contributed by atoms with Gasteiger partial charge in [0.1, 0.15) is 0 Å². The molecule has 0 N–H and O–H groups in total. The van der Waals surface area contributed by atoms with Gasteiger partial charge in [0.2, 0.25) is 6.10 Å². The van der Waals surface area contributed by atoms with Gasteiger partial charge >= 0.3 is 11.9 Å². The third kappa shape index (κ3) is 1.39. The summed E-state index contributed by atoms with van der Waals surface area (Å²) in [5.74, 6) is -1.10. The van der Waals surface area contributed by atoms with Gasteiger partial charge in [-0.05, 0) is 13.0 Å². The van der Waals surface area contributed by atoms with Gasteiger partial charge < -0.3 is 9.47 Å². The molecule has 4 heteroatoms. The molecule has 0 unspecified atom stereocenters. The van der Waals surface area contributed by atoms with E-state index in [1.165, 1.54) is 13.0 Å². The normalized spacial score (nSPS) is 30.6. The van der Waals surface area contributed by atoms with Crippen LogP contribution in [0.15, 0.2) is 12.7 Å². The van der Waals surface area contributed by atoms with Crippen LogP contribution in [0.2, 0.25) is 0 Å². The number of carbonyl (C=O) groups excluding carboxylic acids is 2. The van der Waals surface area contributed by atoms with E-state index in [-0.39, 0.29) is 0 Å². The number of ether oxygens (including phenoxy) is 2. The first-order valence-electron chi connectivity index (χ1n) is 3.18. The van der Waals surface area contributed by atoms with Crippen molar-refractivity contribution in [2.75, 3.05) is 0 Å². The van der Waals surface area contributed by atoms with Gasteiger partial charge in [-0.3, -0.25) is 0 Å². The largest absolute Gasteiger partial charge is 0.448 e. The molecule has 0 saturated carbocycles. The van der Waals surface area contributed by atoms with Gasteiger partial charge in [0.25, 0.3) is 0 Å². The first-order chi connectivity index (χ1) is 5.15. The lowest BCUT2D eigenvalue weighted by Crippen LogP contribution is -2.41. The van der Waals surface area contributed by atoms with Crippen LogP contribution in [0.3, 0.4) is 0 Å². The smallest absolute Gasteiger partial charge is 0.352 e. The Bertz CT molecular complexity index is 208. The number of rotatable bonds is 1. The van der Waals surface area contributed by atoms with Crippen molar-refractivity contribution in [3.05, 3.63) is 12.7 Å². The molecule has 1 heterocycles.